The molecule has 1 atom stereocenters. The zero-order valence-electron chi connectivity index (χ0n) is 26.2. The molecular formula is C28H45F9O6. The molecule has 0 spiro atoms. The molecule has 0 aliphatic heterocycles. The summed E-state index contributed by atoms with van der Waals surface area (Å²) >= 11 is 0. The van der Waals surface area contributed by atoms with Gasteiger partial charge in [-0.25, -0.2) is 0 Å². The fraction of sp³-hybridized carbons (Fsp3) is 0.929. The third-order valence-corrected chi connectivity index (χ3v) is 8.66. The summed E-state index contributed by atoms with van der Waals surface area (Å²) in [4.78, 5) is 23.9. The summed E-state index contributed by atoms with van der Waals surface area (Å²) in [6, 6.07) is 0. The largest absolute Gasteiger partial charge is 0.459 e. The van der Waals surface area contributed by atoms with Crippen LogP contribution in [0.5, 0.6) is 0 Å². The Kier molecular flexibility index (Phi) is 12.4. The number of hydrogen-bond donors (Lipinski definition) is 2. The summed E-state index contributed by atoms with van der Waals surface area (Å²) in [5.74, 6) is -2.45. The molecule has 1 fully saturated rings. The number of aliphatic hydroxyl groups is 2. The molecule has 6 nitrogen and oxygen atoms in total. The van der Waals surface area contributed by atoms with E-state index in [1.807, 2.05) is 6.92 Å². The molecule has 1 aliphatic rings. The highest BCUT2D eigenvalue weighted by molar-refractivity contribution is 5.76. The summed E-state index contributed by atoms with van der Waals surface area (Å²) in [6.07, 6.45) is -15.0. The Morgan fingerprint density at radius 1 is 0.698 bits per heavy atom. The van der Waals surface area contributed by atoms with Crippen LogP contribution in [0.25, 0.3) is 0 Å². The van der Waals surface area contributed by atoms with Crippen molar-refractivity contribution < 1.29 is 68.8 Å². The molecule has 0 aromatic carbocycles. The molecule has 15 heteroatoms. The second-order valence-electron chi connectivity index (χ2n) is 13.3. The van der Waals surface area contributed by atoms with Crippen LogP contribution in [0.3, 0.4) is 0 Å². The molecule has 256 valence electrons. The van der Waals surface area contributed by atoms with Crippen molar-refractivity contribution in [2.75, 3.05) is 0 Å². The first-order valence-corrected chi connectivity index (χ1v) is 13.8. The fourth-order valence-electron chi connectivity index (χ4n) is 4.06. The average molecular weight is 649 g/mol. The van der Waals surface area contributed by atoms with Gasteiger partial charge in [-0.3, -0.25) is 9.59 Å². The van der Waals surface area contributed by atoms with Crippen molar-refractivity contribution in [3.05, 3.63) is 0 Å². The molecule has 1 aliphatic carbocycles. The minimum atomic E-state index is -6.06. The Hall–Kier alpha value is -1.77. The highest BCUT2D eigenvalue weighted by Gasteiger charge is 2.78. The molecule has 0 aromatic rings. The van der Waals surface area contributed by atoms with Gasteiger partial charge in [0.15, 0.2) is 11.2 Å². The lowest BCUT2D eigenvalue weighted by atomic mass is 9.72. The van der Waals surface area contributed by atoms with E-state index in [2.05, 4.69) is 4.74 Å². The lowest BCUT2D eigenvalue weighted by Gasteiger charge is -2.44. The molecule has 0 aromatic heterocycles. The van der Waals surface area contributed by atoms with E-state index in [1.165, 1.54) is 20.8 Å². The maximum absolute atomic E-state index is 12.9. The minimum Gasteiger partial charge on any atom is -0.459 e. The van der Waals surface area contributed by atoms with Crippen molar-refractivity contribution >= 4 is 11.9 Å². The first-order valence-electron chi connectivity index (χ1n) is 13.8. The van der Waals surface area contributed by atoms with Gasteiger partial charge in [-0.15, -0.1) is 0 Å². The van der Waals surface area contributed by atoms with E-state index in [0.29, 0.717) is 33.1 Å². The second-order valence-corrected chi connectivity index (χ2v) is 13.3. The Bertz CT molecular complexity index is 941. The van der Waals surface area contributed by atoms with Gasteiger partial charge in [0.2, 0.25) is 0 Å². The van der Waals surface area contributed by atoms with Crippen molar-refractivity contribution in [2.24, 2.45) is 16.7 Å². The van der Waals surface area contributed by atoms with Crippen LogP contribution in [0.15, 0.2) is 0 Å². The number of carbonyl (C=O) groups excluding carboxylic acids is 2. The van der Waals surface area contributed by atoms with Crippen LogP contribution in [0.4, 0.5) is 39.5 Å². The highest BCUT2D eigenvalue weighted by Crippen LogP contribution is 2.51. The number of alkyl halides is 9. The molecule has 1 unspecified atom stereocenters. The zero-order chi connectivity index (χ0) is 34.9. The van der Waals surface area contributed by atoms with Crippen molar-refractivity contribution in [3.8, 4) is 0 Å². The third-order valence-electron chi connectivity index (χ3n) is 8.66. The molecule has 2 N–H and O–H groups in total. The first-order chi connectivity index (χ1) is 18.7. The van der Waals surface area contributed by atoms with Gasteiger partial charge >= 0.3 is 30.5 Å². The van der Waals surface area contributed by atoms with Gasteiger partial charge in [0.25, 0.3) is 5.60 Å². The highest BCUT2D eigenvalue weighted by atomic mass is 19.4. The smallest absolute Gasteiger partial charge is 0.430 e. The van der Waals surface area contributed by atoms with Gasteiger partial charge in [-0.1, -0.05) is 13.8 Å². The Balaban J connectivity index is 0.000000822. The van der Waals surface area contributed by atoms with Gasteiger partial charge in [0, 0.05) is 0 Å². The fourth-order valence-corrected chi connectivity index (χ4v) is 4.06. The molecule has 0 bridgehead atoms. The molecule has 0 amide bonds. The van der Waals surface area contributed by atoms with Crippen LogP contribution < -0.4 is 0 Å². The van der Waals surface area contributed by atoms with E-state index < -0.39 is 63.7 Å². The van der Waals surface area contributed by atoms with Crippen molar-refractivity contribution in [1.29, 1.82) is 0 Å². The van der Waals surface area contributed by atoms with Crippen molar-refractivity contribution in [2.45, 2.75) is 149 Å². The number of ether oxygens (including phenoxy) is 2. The monoisotopic (exact) mass is 648 g/mol. The molecule has 0 heterocycles. The van der Waals surface area contributed by atoms with Gasteiger partial charge in [0.1, 0.15) is 5.60 Å². The van der Waals surface area contributed by atoms with E-state index in [1.54, 1.807) is 20.8 Å². The normalized spacial score (nSPS) is 22.6. The van der Waals surface area contributed by atoms with Crippen LogP contribution >= 0.6 is 0 Å². The summed E-state index contributed by atoms with van der Waals surface area (Å²) in [7, 11) is 0. The zero-order valence-corrected chi connectivity index (χ0v) is 26.2. The summed E-state index contributed by atoms with van der Waals surface area (Å²) in [5, 5.41) is 19.0. The summed E-state index contributed by atoms with van der Waals surface area (Å²) in [6.45, 7) is 12.9. The maximum atomic E-state index is 12.9. The van der Waals surface area contributed by atoms with Crippen LogP contribution in [0, 0.1) is 16.7 Å². The lowest BCUT2D eigenvalue weighted by Crippen LogP contribution is -2.70. The molecule has 1 saturated carbocycles. The van der Waals surface area contributed by atoms with Crippen molar-refractivity contribution in [3.63, 3.8) is 0 Å². The molecule has 0 saturated heterocycles. The Morgan fingerprint density at radius 2 is 1.05 bits per heavy atom. The SMILES string of the molecule is CCC(C)(C)C(=O)OC(C)(C)C(O)(C(F)(F)F)C(F)(F)F.CCC(C)(C)C(=O)OC1(C)CCC(C(C)(O)C(F)(F)F)CC1. The minimum absolute atomic E-state index is 0.137. The molecule has 1 rings (SSSR count). The third kappa shape index (κ3) is 9.13. The van der Waals surface area contributed by atoms with E-state index in [9.17, 15) is 59.3 Å². The number of carbonyl (C=O) groups is 2. The topological polar surface area (TPSA) is 93.1 Å². The van der Waals surface area contributed by atoms with Crippen LogP contribution in [-0.2, 0) is 19.1 Å². The number of halogens is 9. The maximum Gasteiger partial charge on any atom is 0.430 e. The Labute approximate surface area is 246 Å². The van der Waals surface area contributed by atoms with E-state index in [-0.39, 0.29) is 25.2 Å². The molecule has 0 radical (unpaired) electrons. The quantitative estimate of drug-likeness (QED) is 0.206. The predicted molar refractivity (Wildman–Crippen MR) is 139 cm³/mol. The predicted octanol–water partition coefficient (Wildman–Crippen LogP) is 7.83. The summed E-state index contributed by atoms with van der Waals surface area (Å²) in [5.41, 5.74) is -13.7. The molecular weight excluding hydrogens is 603 g/mol. The lowest BCUT2D eigenvalue weighted by molar-refractivity contribution is -0.408. The van der Waals surface area contributed by atoms with Crippen LogP contribution in [0.2, 0.25) is 0 Å². The number of hydrogen-bond acceptors (Lipinski definition) is 6. The van der Waals surface area contributed by atoms with Crippen molar-refractivity contribution in [1.82, 2.24) is 0 Å². The van der Waals surface area contributed by atoms with E-state index >= 15 is 0 Å². The van der Waals surface area contributed by atoms with E-state index in [4.69, 9.17) is 4.74 Å². The van der Waals surface area contributed by atoms with Gasteiger partial charge in [0.05, 0.1) is 10.8 Å². The van der Waals surface area contributed by atoms with Gasteiger partial charge in [-0.05, 0) is 99.8 Å². The van der Waals surface area contributed by atoms with Crippen LogP contribution in [-0.4, -0.2) is 63.1 Å². The standard InChI is InChI=1S/C16H27F3O3.C12H18F6O3/c1-6-13(2,3)12(20)22-14(4)9-7-11(8-10-14)15(5,21)16(17,18)19;1-6-8(2,3)7(19)21-9(4,5)10(20,11(13,14)15)12(16,17)18/h11,21H,6-10H2,1-5H3;20H,6H2,1-5H3. The van der Waals surface area contributed by atoms with Crippen LogP contribution in [0.1, 0.15) is 108 Å². The average Bonchev–Trinajstić information content (AvgIpc) is 2.81. The first kappa shape index (κ1) is 41.2. The van der Waals surface area contributed by atoms with Gasteiger partial charge < -0.3 is 19.7 Å². The van der Waals surface area contributed by atoms with E-state index in [0.717, 1.165) is 6.92 Å². The number of rotatable bonds is 8. The molecule has 43 heavy (non-hydrogen) atoms. The Morgan fingerprint density at radius 3 is 1.35 bits per heavy atom. The second kappa shape index (κ2) is 12.9. The number of esters is 2. The summed E-state index contributed by atoms with van der Waals surface area (Å²) < 4.78 is 125. The van der Waals surface area contributed by atoms with Gasteiger partial charge in [-0.2, -0.15) is 39.5 Å².